The predicted octanol–water partition coefficient (Wildman–Crippen LogP) is 4.68. The summed E-state index contributed by atoms with van der Waals surface area (Å²) in [5, 5.41) is 27.3. The van der Waals surface area contributed by atoms with Crippen molar-refractivity contribution in [2.24, 2.45) is 5.92 Å². The van der Waals surface area contributed by atoms with E-state index in [9.17, 15) is 28.3 Å². The second-order valence-electron chi connectivity index (χ2n) is 12.6. The molecule has 3 aromatic heterocycles. The van der Waals surface area contributed by atoms with Crippen molar-refractivity contribution in [1.82, 2.24) is 20.1 Å². The minimum absolute atomic E-state index is 0.0266. The molecule has 4 atom stereocenters. The average Bonchev–Trinajstić information content (AvgIpc) is 3.90. The van der Waals surface area contributed by atoms with E-state index in [1.807, 2.05) is 24.3 Å². The fraction of sp³-hybridized carbons (Fsp3) is 0.438. The highest BCUT2D eigenvalue weighted by Crippen LogP contribution is 2.59. The summed E-state index contributed by atoms with van der Waals surface area (Å²) in [6.07, 6.45) is 0.401. The molecular formula is C32H29F3N6O2S. The van der Waals surface area contributed by atoms with Gasteiger partial charge < -0.3 is 15.3 Å². The van der Waals surface area contributed by atoms with Crippen molar-refractivity contribution in [2.45, 2.75) is 61.8 Å². The second kappa shape index (κ2) is 9.86. The number of halogens is 3. The third-order valence-electron chi connectivity index (χ3n) is 9.94. The largest absolute Gasteiger partial charge is 0.398 e. The number of nitrogens with zero attached hydrogens (tertiary/aromatic N) is 5. The van der Waals surface area contributed by atoms with Gasteiger partial charge in [-0.1, -0.05) is 0 Å². The van der Waals surface area contributed by atoms with Gasteiger partial charge in [-0.2, -0.15) is 23.5 Å². The molecule has 8 rings (SSSR count). The van der Waals surface area contributed by atoms with Gasteiger partial charge in [0.05, 0.1) is 46.6 Å². The number of benzene rings is 1. The Morgan fingerprint density at radius 3 is 2.73 bits per heavy atom. The Kier molecular flexibility index (Phi) is 6.21. The maximum Gasteiger partial charge on any atom is 0.398 e. The van der Waals surface area contributed by atoms with Crippen LogP contribution in [0.5, 0.6) is 0 Å². The Labute approximate surface area is 254 Å². The Morgan fingerprint density at radius 2 is 2.02 bits per heavy atom. The van der Waals surface area contributed by atoms with Gasteiger partial charge in [0.2, 0.25) is 0 Å². The zero-order chi connectivity index (χ0) is 30.4. The molecular weight excluding hydrogens is 589 g/mol. The van der Waals surface area contributed by atoms with Gasteiger partial charge in [0.25, 0.3) is 5.56 Å². The SMILES string of the molecule is N#Cc1cc(-c2ccnc3cc(Cn4ncc(C5(C(F)(F)F)CC5)cc4=O)sc23)c2c(c1)[C@@H]1C[C@@H]1CN2[C@@H]1CN[C@@H](CO)C1. The van der Waals surface area contributed by atoms with Gasteiger partial charge in [0.15, 0.2) is 0 Å². The summed E-state index contributed by atoms with van der Waals surface area (Å²) in [5.74, 6) is 0.993. The number of hydrogen-bond donors (Lipinski definition) is 2. The lowest BCUT2D eigenvalue weighted by Gasteiger charge is -2.37. The molecule has 4 aromatic rings. The van der Waals surface area contributed by atoms with Gasteiger partial charge in [-0.05, 0) is 72.9 Å². The number of alkyl halides is 3. The molecule has 2 aliphatic carbocycles. The van der Waals surface area contributed by atoms with Gasteiger partial charge in [-0.15, -0.1) is 11.3 Å². The fourth-order valence-corrected chi connectivity index (χ4v) is 8.43. The summed E-state index contributed by atoms with van der Waals surface area (Å²) < 4.78 is 42.9. The molecule has 44 heavy (non-hydrogen) atoms. The van der Waals surface area contributed by atoms with Crippen LogP contribution in [0.25, 0.3) is 21.3 Å². The van der Waals surface area contributed by atoms with Crippen LogP contribution < -0.4 is 15.8 Å². The number of aromatic nitrogens is 3. The van der Waals surface area contributed by atoms with E-state index in [0.717, 1.165) is 63.9 Å². The van der Waals surface area contributed by atoms with Crippen LogP contribution in [0.3, 0.4) is 0 Å². The van der Waals surface area contributed by atoms with Gasteiger partial charge in [-0.3, -0.25) is 9.78 Å². The summed E-state index contributed by atoms with van der Waals surface area (Å²) in [5.41, 5.74) is 3.02. The molecule has 5 heterocycles. The van der Waals surface area contributed by atoms with Crippen LogP contribution in [0.2, 0.25) is 0 Å². The van der Waals surface area contributed by atoms with Crippen molar-refractivity contribution in [3.05, 3.63) is 74.6 Å². The van der Waals surface area contributed by atoms with Crippen molar-refractivity contribution in [2.75, 3.05) is 24.6 Å². The van der Waals surface area contributed by atoms with Gasteiger partial charge >= 0.3 is 6.18 Å². The molecule has 8 nitrogen and oxygen atoms in total. The lowest BCUT2D eigenvalue weighted by atomic mass is 9.90. The number of aliphatic hydroxyl groups is 1. The first-order valence-electron chi connectivity index (χ1n) is 14.9. The molecule has 0 unspecified atom stereocenters. The number of hydrogen-bond acceptors (Lipinski definition) is 8. The first-order chi connectivity index (χ1) is 21.2. The van der Waals surface area contributed by atoms with E-state index in [-0.39, 0.29) is 43.6 Å². The van der Waals surface area contributed by atoms with Crippen LogP contribution in [0, 0.1) is 17.2 Å². The van der Waals surface area contributed by atoms with Crippen LogP contribution >= 0.6 is 11.3 Å². The van der Waals surface area contributed by atoms with E-state index in [2.05, 4.69) is 26.4 Å². The Bertz CT molecular complexity index is 1910. The van der Waals surface area contributed by atoms with Crippen molar-refractivity contribution < 1.29 is 18.3 Å². The molecule has 4 aliphatic rings. The number of nitrogens with one attached hydrogen (secondary N) is 1. The summed E-state index contributed by atoms with van der Waals surface area (Å²) in [6, 6.07) is 11.6. The molecule has 3 fully saturated rings. The summed E-state index contributed by atoms with van der Waals surface area (Å²) in [4.78, 5) is 20.8. The predicted molar refractivity (Wildman–Crippen MR) is 160 cm³/mol. The molecule has 1 aromatic carbocycles. The van der Waals surface area contributed by atoms with Crippen LogP contribution in [0.15, 0.2) is 47.5 Å². The highest BCUT2D eigenvalue weighted by atomic mass is 32.1. The maximum absolute atomic E-state index is 13.6. The van der Waals surface area contributed by atoms with Crippen LogP contribution in [-0.4, -0.2) is 57.8 Å². The second-order valence-corrected chi connectivity index (χ2v) is 13.7. The quantitative estimate of drug-likeness (QED) is 0.323. The van der Waals surface area contributed by atoms with Gasteiger partial charge in [0, 0.05) is 59.1 Å². The van der Waals surface area contributed by atoms with E-state index in [4.69, 9.17) is 0 Å². The van der Waals surface area contributed by atoms with E-state index in [0.29, 0.717) is 17.4 Å². The number of nitriles is 1. The monoisotopic (exact) mass is 618 g/mol. The summed E-state index contributed by atoms with van der Waals surface area (Å²) in [6.45, 7) is 1.92. The number of pyridine rings is 1. The number of rotatable bonds is 6. The first kappa shape index (κ1) is 27.7. The van der Waals surface area contributed by atoms with Crippen molar-refractivity contribution in [3.8, 4) is 17.2 Å². The lowest BCUT2D eigenvalue weighted by molar-refractivity contribution is -0.160. The zero-order valence-electron chi connectivity index (χ0n) is 23.6. The third-order valence-corrected chi connectivity index (χ3v) is 11.1. The zero-order valence-corrected chi connectivity index (χ0v) is 24.5. The lowest BCUT2D eigenvalue weighted by Crippen LogP contribution is -2.41. The molecule has 2 saturated carbocycles. The van der Waals surface area contributed by atoms with Gasteiger partial charge in [0.1, 0.15) is 0 Å². The maximum atomic E-state index is 13.6. The van der Waals surface area contributed by atoms with Crippen molar-refractivity contribution >= 4 is 27.2 Å². The highest BCUT2D eigenvalue weighted by Gasteiger charge is 2.64. The van der Waals surface area contributed by atoms with Crippen molar-refractivity contribution in [1.29, 1.82) is 5.26 Å². The highest BCUT2D eigenvalue weighted by molar-refractivity contribution is 7.19. The molecule has 2 aliphatic heterocycles. The van der Waals surface area contributed by atoms with Crippen LogP contribution in [0.1, 0.15) is 53.2 Å². The number of aliphatic hydroxyl groups excluding tert-OH is 1. The fourth-order valence-electron chi connectivity index (χ4n) is 7.31. The van der Waals surface area contributed by atoms with Crippen LogP contribution in [0.4, 0.5) is 18.9 Å². The normalized spacial score (nSPS) is 25.0. The number of thiophene rings is 1. The summed E-state index contributed by atoms with van der Waals surface area (Å²) >= 11 is 1.47. The molecule has 2 N–H and O–H groups in total. The first-order valence-corrected chi connectivity index (χ1v) is 15.7. The molecule has 1 saturated heterocycles. The molecule has 226 valence electrons. The standard InChI is InChI=1S/C32H29F3N6O2S/c33-32(34,35)31(2-3-31)19-8-28(43)41(39-12-19)15-22-10-27-30(44-22)23(1-4-37-27)25-5-17(11-36)6-26-24-7-18(24)14-40(29(25)26)21-9-20(16-42)38-13-21/h1,4-6,8,10,12,18,20-21,24,38,42H,2-3,7,9,13-16H2/t18-,20-,21+,24-/m1/s1. The van der Waals surface area contributed by atoms with E-state index in [1.165, 1.54) is 27.8 Å². The molecule has 0 radical (unpaired) electrons. The topological polar surface area (TPSA) is 107 Å². The van der Waals surface area contributed by atoms with Crippen LogP contribution in [-0.2, 0) is 12.0 Å². The molecule has 0 amide bonds. The summed E-state index contributed by atoms with van der Waals surface area (Å²) in [7, 11) is 0. The molecule has 0 bridgehead atoms. The smallest absolute Gasteiger partial charge is 0.395 e. The minimum atomic E-state index is -4.41. The van der Waals surface area contributed by atoms with Gasteiger partial charge in [-0.25, -0.2) is 4.68 Å². The van der Waals surface area contributed by atoms with E-state index >= 15 is 0 Å². The molecule has 12 heteroatoms. The molecule has 0 spiro atoms. The van der Waals surface area contributed by atoms with E-state index < -0.39 is 17.2 Å². The Hall–Kier alpha value is -3.79. The number of fused-ring (bicyclic) bond motifs is 4. The number of anilines is 1. The van der Waals surface area contributed by atoms with E-state index in [1.54, 1.807) is 6.20 Å². The average molecular weight is 619 g/mol. The Morgan fingerprint density at radius 1 is 1.18 bits per heavy atom. The van der Waals surface area contributed by atoms with Crippen molar-refractivity contribution in [3.63, 3.8) is 0 Å². The Balaban J connectivity index is 1.18. The minimum Gasteiger partial charge on any atom is -0.395 e. The third kappa shape index (κ3) is 4.36.